The zero-order chi connectivity index (χ0) is 19.5. The van der Waals surface area contributed by atoms with Gasteiger partial charge in [-0.1, -0.05) is 12.1 Å². The standard InChI is InChI=1S/C21H19FN4OS/c1-2-26-12-18(17-4-3-9-23-20(17)26)21-25-16(13-28-21)10-19(27)24-11-14-5-7-15(22)8-6-14/h3-9,12-13H,2,10-11H2,1H3,(H,24,27). The molecule has 0 saturated heterocycles. The molecular weight excluding hydrogens is 375 g/mol. The number of aryl methyl sites for hydroxylation is 1. The lowest BCUT2D eigenvalue weighted by atomic mass is 10.2. The monoisotopic (exact) mass is 394 g/mol. The Morgan fingerprint density at radius 2 is 2.07 bits per heavy atom. The molecule has 0 atom stereocenters. The lowest BCUT2D eigenvalue weighted by Gasteiger charge is -2.04. The van der Waals surface area contributed by atoms with Crippen molar-refractivity contribution >= 4 is 28.3 Å². The van der Waals surface area contributed by atoms with Crippen molar-refractivity contribution < 1.29 is 9.18 Å². The molecule has 1 aromatic carbocycles. The third-order valence-electron chi connectivity index (χ3n) is 4.50. The Morgan fingerprint density at radius 1 is 1.25 bits per heavy atom. The van der Waals surface area contributed by atoms with Gasteiger partial charge in [0, 0.05) is 41.8 Å². The number of pyridine rings is 1. The van der Waals surface area contributed by atoms with Gasteiger partial charge in [0.05, 0.1) is 12.1 Å². The molecule has 3 aromatic heterocycles. The van der Waals surface area contributed by atoms with Crippen LogP contribution in [0.1, 0.15) is 18.2 Å². The Labute approximate surface area is 165 Å². The van der Waals surface area contributed by atoms with Gasteiger partial charge in [-0.05, 0) is 36.8 Å². The fourth-order valence-corrected chi connectivity index (χ4v) is 3.92. The van der Waals surface area contributed by atoms with Gasteiger partial charge in [0.1, 0.15) is 16.5 Å². The van der Waals surface area contributed by atoms with Gasteiger partial charge < -0.3 is 9.88 Å². The molecular formula is C21H19FN4OS. The van der Waals surface area contributed by atoms with Gasteiger partial charge in [-0.25, -0.2) is 14.4 Å². The van der Waals surface area contributed by atoms with E-state index in [1.165, 1.54) is 23.5 Å². The van der Waals surface area contributed by atoms with Crippen molar-refractivity contribution in [2.45, 2.75) is 26.4 Å². The Kier molecular flexibility index (Phi) is 5.16. The van der Waals surface area contributed by atoms with Gasteiger partial charge in [-0.3, -0.25) is 4.79 Å². The number of carbonyl (C=O) groups is 1. The van der Waals surface area contributed by atoms with Crippen LogP contribution < -0.4 is 5.32 Å². The third-order valence-corrected chi connectivity index (χ3v) is 5.43. The molecule has 0 bridgehead atoms. The topological polar surface area (TPSA) is 59.8 Å². The van der Waals surface area contributed by atoms with Crippen LogP contribution in [0.4, 0.5) is 4.39 Å². The van der Waals surface area contributed by atoms with E-state index in [2.05, 4.69) is 33.0 Å². The predicted octanol–water partition coefficient (Wildman–Crippen LogP) is 4.18. The van der Waals surface area contributed by atoms with E-state index in [1.807, 2.05) is 17.5 Å². The molecule has 1 amide bonds. The van der Waals surface area contributed by atoms with Crippen LogP contribution in [0.5, 0.6) is 0 Å². The van der Waals surface area contributed by atoms with Crippen LogP contribution in [0.15, 0.2) is 54.2 Å². The summed E-state index contributed by atoms with van der Waals surface area (Å²) in [5.41, 5.74) is 3.56. The number of nitrogens with zero attached hydrogens (tertiary/aromatic N) is 3. The number of amides is 1. The van der Waals surface area contributed by atoms with Gasteiger partial charge in [-0.15, -0.1) is 11.3 Å². The molecule has 1 N–H and O–H groups in total. The molecule has 5 nitrogen and oxygen atoms in total. The summed E-state index contributed by atoms with van der Waals surface area (Å²) < 4.78 is 15.0. The minimum atomic E-state index is -0.287. The Morgan fingerprint density at radius 3 is 2.86 bits per heavy atom. The van der Waals surface area contributed by atoms with E-state index in [4.69, 9.17) is 0 Å². The first kappa shape index (κ1) is 18.3. The minimum Gasteiger partial charge on any atom is -0.352 e. The lowest BCUT2D eigenvalue weighted by Crippen LogP contribution is -2.24. The quantitative estimate of drug-likeness (QED) is 0.534. The molecule has 0 radical (unpaired) electrons. The number of rotatable bonds is 6. The molecule has 7 heteroatoms. The van der Waals surface area contributed by atoms with Crippen LogP contribution in [-0.2, 0) is 24.3 Å². The van der Waals surface area contributed by atoms with Crippen LogP contribution >= 0.6 is 11.3 Å². The summed E-state index contributed by atoms with van der Waals surface area (Å²) in [6, 6.07) is 10.1. The second-order valence-corrected chi connectivity index (χ2v) is 7.29. The number of benzene rings is 1. The number of aromatic nitrogens is 3. The number of halogens is 1. The second-order valence-electron chi connectivity index (χ2n) is 6.43. The van der Waals surface area contributed by atoms with E-state index in [9.17, 15) is 9.18 Å². The smallest absolute Gasteiger partial charge is 0.226 e. The molecule has 4 rings (SSSR count). The van der Waals surface area contributed by atoms with E-state index < -0.39 is 0 Å². The van der Waals surface area contributed by atoms with Crippen molar-refractivity contribution in [3.05, 3.63) is 71.2 Å². The first-order valence-electron chi connectivity index (χ1n) is 9.04. The Hall–Kier alpha value is -3.06. The van der Waals surface area contributed by atoms with Gasteiger partial charge in [0.2, 0.25) is 5.91 Å². The minimum absolute atomic E-state index is 0.112. The molecule has 4 aromatic rings. The molecule has 0 spiro atoms. The second kappa shape index (κ2) is 7.90. The summed E-state index contributed by atoms with van der Waals surface area (Å²) in [4.78, 5) is 21.3. The molecule has 0 saturated carbocycles. The highest BCUT2D eigenvalue weighted by Gasteiger charge is 2.14. The fourth-order valence-electron chi connectivity index (χ4n) is 3.08. The number of hydrogen-bond acceptors (Lipinski definition) is 4. The third kappa shape index (κ3) is 3.80. The number of hydrogen-bond donors (Lipinski definition) is 1. The van der Waals surface area contributed by atoms with Crippen molar-refractivity contribution in [3.8, 4) is 10.6 Å². The first-order chi connectivity index (χ1) is 13.6. The Bertz CT molecular complexity index is 1120. The summed E-state index contributed by atoms with van der Waals surface area (Å²) >= 11 is 1.53. The first-order valence-corrected chi connectivity index (χ1v) is 9.92. The van der Waals surface area contributed by atoms with Gasteiger partial charge >= 0.3 is 0 Å². The van der Waals surface area contributed by atoms with E-state index in [-0.39, 0.29) is 18.1 Å². The molecule has 0 unspecified atom stereocenters. The Balaban J connectivity index is 1.46. The molecule has 142 valence electrons. The predicted molar refractivity (Wildman–Crippen MR) is 108 cm³/mol. The maximum Gasteiger partial charge on any atom is 0.226 e. The van der Waals surface area contributed by atoms with Gasteiger partial charge in [0.15, 0.2) is 0 Å². The van der Waals surface area contributed by atoms with Crippen molar-refractivity contribution in [2.75, 3.05) is 0 Å². The van der Waals surface area contributed by atoms with Crippen LogP contribution in [0, 0.1) is 5.82 Å². The van der Waals surface area contributed by atoms with Crippen LogP contribution in [0.25, 0.3) is 21.6 Å². The van der Waals surface area contributed by atoms with Crippen molar-refractivity contribution in [1.29, 1.82) is 0 Å². The molecule has 0 aliphatic heterocycles. The van der Waals surface area contributed by atoms with Gasteiger partial charge in [0.25, 0.3) is 0 Å². The number of nitrogens with one attached hydrogen (secondary N) is 1. The summed E-state index contributed by atoms with van der Waals surface area (Å²) in [6.45, 7) is 3.28. The average molecular weight is 394 g/mol. The molecule has 3 heterocycles. The summed E-state index contributed by atoms with van der Waals surface area (Å²) in [6.07, 6.45) is 4.06. The SMILES string of the molecule is CCn1cc(-c2nc(CC(=O)NCc3ccc(F)cc3)cs2)c2cccnc21. The maximum absolute atomic E-state index is 12.9. The van der Waals surface area contributed by atoms with E-state index >= 15 is 0 Å². The highest BCUT2D eigenvalue weighted by atomic mass is 32.1. The number of carbonyl (C=O) groups excluding carboxylic acids is 1. The van der Waals surface area contributed by atoms with Crippen molar-refractivity contribution in [2.24, 2.45) is 0 Å². The maximum atomic E-state index is 12.9. The van der Waals surface area contributed by atoms with Crippen molar-refractivity contribution in [1.82, 2.24) is 19.9 Å². The molecule has 0 fully saturated rings. The number of thiazole rings is 1. The van der Waals surface area contributed by atoms with Crippen molar-refractivity contribution in [3.63, 3.8) is 0 Å². The van der Waals surface area contributed by atoms with Crippen LogP contribution in [0.2, 0.25) is 0 Å². The average Bonchev–Trinajstić information content (AvgIpc) is 3.31. The highest BCUT2D eigenvalue weighted by Crippen LogP contribution is 2.31. The fraction of sp³-hybridized carbons (Fsp3) is 0.190. The van der Waals surface area contributed by atoms with E-state index in [0.29, 0.717) is 6.54 Å². The normalized spacial score (nSPS) is 11.1. The van der Waals surface area contributed by atoms with Crippen LogP contribution in [0.3, 0.4) is 0 Å². The van der Waals surface area contributed by atoms with E-state index in [0.717, 1.165) is 39.4 Å². The van der Waals surface area contributed by atoms with Crippen LogP contribution in [-0.4, -0.2) is 20.4 Å². The number of fused-ring (bicyclic) bond motifs is 1. The molecule has 0 aliphatic rings. The highest BCUT2D eigenvalue weighted by molar-refractivity contribution is 7.13. The zero-order valence-corrected chi connectivity index (χ0v) is 16.2. The zero-order valence-electron chi connectivity index (χ0n) is 15.4. The largest absolute Gasteiger partial charge is 0.352 e. The molecule has 28 heavy (non-hydrogen) atoms. The molecule has 0 aliphatic carbocycles. The lowest BCUT2D eigenvalue weighted by molar-refractivity contribution is -0.120. The van der Waals surface area contributed by atoms with Gasteiger partial charge in [-0.2, -0.15) is 0 Å². The summed E-state index contributed by atoms with van der Waals surface area (Å²) in [7, 11) is 0. The van der Waals surface area contributed by atoms with E-state index in [1.54, 1.807) is 18.3 Å². The summed E-state index contributed by atoms with van der Waals surface area (Å²) in [5.74, 6) is -0.400. The summed E-state index contributed by atoms with van der Waals surface area (Å²) in [5, 5.41) is 6.71.